The summed E-state index contributed by atoms with van der Waals surface area (Å²) in [5.41, 5.74) is 0.544. The van der Waals surface area contributed by atoms with E-state index < -0.39 is 11.8 Å². The van der Waals surface area contributed by atoms with Crippen LogP contribution in [0.25, 0.3) is 6.08 Å². The lowest BCUT2D eigenvalue weighted by molar-refractivity contribution is -0.137. The third-order valence-corrected chi connectivity index (χ3v) is 2.08. The Morgan fingerprint density at radius 1 is 1.56 bits per heavy atom. The molecule has 3 nitrogen and oxygen atoms in total. The third kappa shape index (κ3) is 4.30. The summed E-state index contributed by atoms with van der Waals surface area (Å²) in [5, 5.41) is 0. The Morgan fingerprint density at radius 2 is 2.33 bits per heavy atom. The largest absolute Gasteiger partial charge is 0.494 e. The van der Waals surface area contributed by atoms with Crippen LogP contribution in [0.5, 0.6) is 5.75 Å². The van der Waals surface area contributed by atoms with Crippen molar-refractivity contribution < 1.29 is 18.7 Å². The molecule has 0 N–H and O–H groups in total. The van der Waals surface area contributed by atoms with Gasteiger partial charge in [-0.3, -0.25) is 0 Å². The van der Waals surface area contributed by atoms with Crippen LogP contribution in [0.15, 0.2) is 24.3 Å². The molecule has 0 fully saturated rings. The monoisotopic (exact) mass is 248 g/mol. The Hall–Kier alpha value is -2.28. The van der Waals surface area contributed by atoms with Gasteiger partial charge in [0.15, 0.2) is 11.6 Å². The Morgan fingerprint density at radius 3 is 2.94 bits per heavy atom. The molecule has 1 rings (SSSR count). The zero-order valence-electron chi connectivity index (χ0n) is 9.98. The molecule has 0 aromatic heterocycles. The molecule has 0 radical (unpaired) electrons. The highest BCUT2D eigenvalue weighted by Gasteiger charge is 2.02. The topological polar surface area (TPSA) is 35.5 Å². The van der Waals surface area contributed by atoms with Crippen molar-refractivity contribution in [1.29, 1.82) is 0 Å². The lowest BCUT2D eigenvalue weighted by atomic mass is 10.2. The maximum Gasteiger partial charge on any atom is 0.330 e. The predicted molar refractivity (Wildman–Crippen MR) is 66.4 cm³/mol. The van der Waals surface area contributed by atoms with Gasteiger partial charge in [0, 0.05) is 12.5 Å². The molecule has 0 atom stereocenters. The van der Waals surface area contributed by atoms with Crippen LogP contribution in [-0.2, 0) is 9.53 Å². The van der Waals surface area contributed by atoms with E-state index in [-0.39, 0.29) is 12.4 Å². The summed E-state index contributed by atoms with van der Waals surface area (Å²) >= 11 is 0. The molecule has 0 amide bonds. The average Bonchev–Trinajstić information content (AvgIpc) is 2.37. The number of hydrogen-bond donors (Lipinski definition) is 0. The maximum atomic E-state index is 13.3. The number of benzene rings is 1. The van der Waals surface area contributed by atoms with Crippen LogP contribution >= 0.6 is 0 Å². The van der Waals surface area contributed by atoms with Gasteiger partial charge in [0.2, 0.25) is 0 Å². The molecule has 18 heavy (non-hydrogen) atoms. The lowest BCUT2D eigenvalue weighted by Gasteiger charge is -2.02. The van der Waals surface area contributed by atoms with Crippen LogP contribution in [0.3, 0.4) is 0 Å². The van der Waals surface area contributed by atoms with Gasteiger partial charge in [-0.25, -0.2) is 9.18 Å². The van der Waals surface area contributed by atoms with E-state index >= 15 is 0 Å². The number of halogens is 1. The highest BCUT2D eigenvalue weighted by Crippen LogP contribution is 2.18. The fourth-order valence-electron chi connectivity index (χ4n) is 1.21. The number of carbonyl (C=O) groups excluding carboxylic acids is 1. The minimum absolute atomic E-state index is 0.156. The number of methoxy groups -OCH3 is 1. The smallest absolute Gasteiger partial charge is 0.330 e. The molecule has 0 spiro atoms. The molecular formula is C14H13FO3. The van der Waals surface area contributed by atoms with E-state index in [0.717, 1.165) is 0 Å². The molecule has 0 bridgehead atoms. The number of carbonyl (C=O) groups is 1. The molecule has 4 heteroatoms. The minimum atomic E-state index is -0.513. The summed E-state index contributed by atoms with van der Waals surface area (Å²) in [6, 6.07) is 4.38. The van der Waals surface area contributed by atoms with Gasteiger partial charge >= 0.3 is 5.97 Å². The van der Waals surface area contributed by atoms with Gasteiger partial charge < -0.3 is 9.47 Å². The van der Waals surface area contributed by atoms with Crippen LogP contribution < -0.4 is 4.74 Å². The van der Waals surface area contributed by atoms with E-state index in [1.807, 2.05) is 0 Å². The molecule has 1 aromatic rings. The van der Waals surface area contributed by atoms with Crippen molar-refractivity contribution in [2.45, 2.75) is 6.42 Å². The van der Waals surface area contributed by atoms with Gasteiger partial charge in [0.05, 0.1) is 7.11 Å². The van der Waals surface area contributed by atoms with Crippen molar-refractivity contribution >= 4 is 12.0 Å². The van der Waals surface area contributed by atoms with E-state index in [2.05, 4.69) is 5.92 Å². The first-order chi connectivity index (χ1) is 8.67. The Kier molecular flexibility index (Phi) is 5.46. The molecule has 0 unspecified atom stereocenters. The van der Waals surface area contributed by atoms with Gasteiger partial charge in [-0.2, -0.15) is 0 Å². The van der Waals surface area contributed by atoms with E-state index in [4.69, 9.17) is 15.9 Å². The highest BCUT2D eigenvalue weighted by molar-refractivity contribution is 5.87. The van der Waals surface area contributed by atoms with Gasteiger partial charge in [-0.1, -0.05) is 6.07 Å². The quantitative estimate of drug-likeness (QED) is 0.347. The fraction of sp³-hybridized carbons (Fsp3) is 0.214. The molecule has 0 saturated carbocycles. The third-order valence-electron chi connectivity index (χ3n) is 2.08. The first kappa shape index (κ1) is 13.8. The van der Waals surface area contributed by atoms with Crippen molar-refractivity contribution in [3.63, 3.8) is 0 Å². The van der Waals surface area contributed by atoms with Gasteiger partial charge in [-0.05, 0) is 23.8 Å². The summed E-state index contributed by atoms with van der Waals surface area (Å²) in [6.45, 7) is 0.177. The number of ether oxygens (including phenoxy) is 2. The molecule has 0 heterocycles. The average molecular weight is 248 g/mol. The first-order valence-electron chi connectivity index (χ1n) is 5.29. The number of terminal acetylenes is 1. The number of hydrogen-bond acceptors (Lipinski definition) is 3. The Labute approximate surface area is 105 Å². The molecule has 1 aromatic carbocycles. The predicted octanol–water partition coefficient (Wildman–Crippen LogP) is 2.41. The molecule has 94 valence electrons. The van der Waals surface area contributed by atoms with Crippen molar-refractivity contribution in [2.75, 3.05) is 13.7 Å². The standard InChI is InChI=1S/C14H13FO3/c1-3-4-9-18-14(16)8-6-11-5-7-13(17-2)12(15)10-11/h1,5-8,10H,4,9H2,2H3. The van der Waals surface area contributed by atoms with Crippen LogP contribution in [-0.4, -0.2) is 19.7 Å². The molecule has 0 aliphatic rings. The second kappa shape index (κ2) is 7.13. The van der Waals surface area contributed by atoms with Crippen molar-refractivity contribution in [3.8, 4) is 18.1 Å². The molecular weight excluding hydrogens is 235 g/mol. The summed E-state index contributed by atoms with van der Waals surface area (Å²) < 4.78 is 22.9. The highest BCUT2D eigenvalue weighted by atomic mass is 19.1. The van der Waals surface area contributed by atoms with Gasteiger partial charge in [0.1, 0.15) is 6.61 Å². The van der Waals surface area contributed by atoms with Crippen molar-refractivity contribution in [2.24, 2.45) is 0 Å². The summed E-state index contributed by atoms with van der Waals surface area (Å²) in [5.74, 6) is 1.51. The van der Waals surface area contributed by atoms with E-state index in [1.165, 1.54) is 31.4 Å². The Balaban J connectivity index is 2.59. The number of esters is 1. The van der Waals surface area contributed by atoms with Crippen LogP contribution in [0.2, 0.25) is 0 Å². The second-order valence-electron chi connectivity index (χ2n) is 3.35. The van der Waals surface area contributed by atoms with Crippen molar-refractivity contribution in [1.82, 2.24) is 0 Å². The summed E-state index contributed by atoms with van der Waals surface area (Å²) in [4.78, 5) is 11.2. The van der Waals surface area contributed by atoms with Crippen LogP contribution in [0.1, 0.15) is 12.0 Å². The zero-order chi connectivity index (χ0) is 13.4. The van der Waals surface area contributed by atoms with Crippen LogP contribution in [0.4, 0.5) is 4.39 Å². The van der Waals surface area contributed by atoms with E-state index in [9.17, 15) is 9.18 Å². The number of rotatable bonds is 5. The zero-order valence-corrected chi connectivity index (χ0v) is 9.98. The first-order valence-corrected chi connectivity index (χ1v) is 5.29. The molecule has 0 aliphatic heterocycles. The molecule has 0 aliphatic carbocycles. The SMILES string of the molecule is C#CCCOC(=O)C=Cc1ccc(OC)c(F)c1. The van der Waals surface area contributed by atoms with Gasteiger partial charge in [-0.15, -0.1) is 12.3 Å². The lowest BCUT2D eigenvalue weighted by Crippen LogP contribution is -2.01. The van der Waals surface area contributed by atoms with E-state index in [1.54, 1.807) is 6.07 Å². The summed E-state index contributed by atoms with van der Waals surface area (Å²) in [6.07, 6.45) is 8.06. The van der Waals surface area contributed by atoms with E-state index in [0.29, 0.717) is 12.0 Å². The normalized spacial score (nSPS) is 10.1. The second-order valence-corrected chi connectivity index (χ2v) is 3.35. The van der Waals surface area contributed by atoms with Gasteiger partial charge in [0.25, 0.3) is 0 Å². The van der Waals surface area contributed by atoms with Crippen molar-refractivity contribution in [3.05, 3.63) is 35.7 Å². The summed E-state index contributed by atoms with van der Waals surface area (Å²) in [7, 11) is 1.39. The molecule has 0 saturated heterocycles. The maximum absolute atomic E-state index is 13.3. The minimum Gasteiger partial charge on any atom is -0.494 e. The van der Waals surface area contributed by atoms with Crippen LogP contribution in [0, 0.1) is 18.2 Å². The Bertz CT molecular complexity index is 486. The fourth-order valence-corrected chi connectivity index (χ4v) is 1.21.